The van der Waals surface area contributed by atoms with Gasteiger partial charge in [0, 0.05) is 11.3 Å². The molecule has 0 spiro atoms. The van der Waals surface area contributed by atoms with E-state index in [9.17, 15) is 9.18 Å². The molecule has 1 aliphatic rings. The second-order valence-electron chi connectivity index (χ2n) is 4.27. The highest BCUT2D eigenvalue weighted by Crippen LogP contribution is 2.34. The van der Waals surface area contributed by atoms with Crippen LogP contribution in [0.5, 0.6) is 0 Å². The molecule has 1 unspecified atom stereocenters. The zero-order valence-electron chi connectivity index (χ0n) is 10.0. The molecule has 3 nitrogen and oxygen atoms in total. The van der Waals surface area contributed by atoms with Crippen molar-refractivity contribution in [1.29, 1.82) is 0 Å². The van der Waals surface area contributed by atoms with Crippen LogP contribution >= 0.6 is 0 Å². The van der Waals surface area contributed by atoms with Crippen molar-refractivity contribution in [3.8, 4) is 0 Å². The zero-order chi connectivity index (χ0) is 13.2. The number of para-hydroxylation sites is 1. The first-order chi connectivity index (χ1) is 9.29. The van der Waals surface area contributed by atoms with Crippen LogP contribution in [0, 0.1) is 5.82 Å². The molecule has 0 N–H and O–H groups in total. The van der Waals surface area contributed by atoms with Crippen molar-refractivity contribution in [3.05, 3.63) is 59.9 Å². The number of fused-ring (bicyclic) bond motifs is 1. The molecule has 0 radical (unpaired) electrons. The summed E-state index contributed by atoms with van der Waals surface area (Å²) in [6, 6.07) is 13.1. The lowest BCUT2D eigenvalue weighted by Gasteiger charge is -2.30. The Bertz CT molecular complexity index is 637. The standard InChI is InChI=1S/C15H11FN2O/c16-11-5-7-12(8-6-11)18-10-17-14-4-2-1-3-13(14)15(18)9-19/h1-10,15H. The molecule has 0 aromatic heterocycles. The van der Waals surface area contributed by atoms with Crippen LogP contribution < -0.4 is 4.90 Å². The van der Waals surface area contributed by atoms with Gasteiger partial charge in [0.25, 0.3) is 0 Å². The van der Waals surface area contributed by atoms with Gasteiger partial charge in [-0.1, -0.05) is 18.2 Å². The number of anilines is 1. The number of aliphatic imine (C=N–C) groups is 1. The molecule has 2 aromatic rings. The summed E-state index contributed by atoms with van der Waals surface area (Å²) in [7, 11) is 0. The van der Waals surface area contributed by atoms with Crippen molar-refractivity contribution in [2.75, 3.05) is 4.90 Å². The van der Waals surface area contributed by atoms with E-state index < -0.39 is 6.04 Å². The maximum atomic E-state index is 13.0. The summed E-state index contributed by atoms with van der Waals surface area (Å²) in [4.78, 5) is 17.4. The Morgan fingerprint density at radius 3 is 2.58 bits per heavy atom. The number of aldehydes is 1. The summed E-state index contributed by atoms with van der Waals surface area (Å²) in [5, 5.41) is 0. The molecule has 1 heterocycles. The van der Waals surface area contributed by atoms with Gasteiger partial charge in [0.1, 0.15) is 18.1 Å². The number of carbonyl (C=O) groups is 1. The Kier molecular flexibility index (Phi) is 2.83. The molecule has 94 valence electrons. The van der Waals surface area contributed by atoms with E-state index in [0.717, 1.165) is 23.2 Å². The maximum absolute atomic E-state index is 13.0. The number of hydrogen-bond donors (Lipinski definition) is 0. The largest absolute Gasteiger partial charge is 0.318 e. The molecule has 0 fully saturated rings. The highest BCUT2D eigenvalue weighted by molar-refractivity contribution is 5.91. The minimum absolute atomic E-state index is 0.305. The van der Waals surface area contributed by atoms with Gasteiger partial charge < -0.3 is 9.69 Å². The molecule has 0 saturated carbocycles. The molecule has 1 atom stereocenters. The molecule has 0 aliphatic carbocycles. The number of carbonyl (C=O) groups excluding carboxylic acids is 1. The third-order valence-corrected chi connectivity index (χ3v) is 3.13. The Morgan fingerprint density at radius 1 is 1.11 bits per heavy atom. The van der Waals surface area contributed by atoms with Crippen LogP contribution in [0.25, 0.3) is 0 Å². The molecule has 4 heteroatoms. The van der Waals surface area contributed by atoms with Crippen molar-refractivity contribution < 1.29 is 9.18 Å². The van der Waals surface area contributed by atoms with Crippen LogP contribution in [0.1, 0.15) is 11.6 Å². The monoisotopic (exact) mass is 254 g/mol. The fourth-order valence-corrected chi connectivity index (χ4v) is 2.18. The first-order valence-electron chi connectivity index (χ1n) is 5.92. The highest BCUT2D eigenvalue weighted by atomic mass is 19.1. The lowest BCUT2D eigenvalue weighted by molar-refractivity contribution is -0.108. The van der Waals surface area contributed by atoms with Gasteiger partial charge in [-0.3, -0.25) is 0 Å². The Morgan fingerprint density at radius 2 is 1.84 bits per heavy atom. The molecule has 19 heavy (non-hydrogen) atoms. The first kappa shape index (κ1) is 11.6. The van der Waals surface area contributed by atoms with Crippen molar-refractivity contribution >= 4 is 24.0 Å². The highest BCUT2D eigenvalue weighted by Gasteiger charge is 2.24. The maximum Gasteiger partial charge on any atom is 0.147 e. The quantitative estimate of drug-likeness (QED) is 0.771. The van der Waals surface area contributed by atoms with Gasteiger partial charge in [0.2, 0.25) is 0 Å². The molecule has 2 aromatic carbocycles. The SMILES string of the molecule is O=CC1c2ccccc2N=CN1c1ccc(F)cc1. The van der Waals surface area contributed by atoms with Gasteiger partial charge in [-0.15, -0.1) is 0 Å². The van der Waals surface area contributed by atoms with Crippen LogP contribution in [0.2, 0.25) is 0 Å². The van der Waals surface area contributed by atoms with Crippen LogP contribution in [0.4, 0.5) is 15.8 Å². The summed E-state index contributed by atoms with van der Waals surface area (Å²) < 4.78 is 13.0. The molecule has 1 aliphatic heterocycles. The number of rotatable bonds is 2. The fourth-order valence-electron chi connectivity index (χ4n) is 2.18. The molecule has 0 amide bonds. The van der Waals surface area contributed by atoms with E-state index in [-0.39, 0.29) is 5.82 Å². The molecular formula is C15H11FN2O. The van der Waals surface area contributed by atoms with Gasteiger partial charge in [-0.25, -0.2) is 9.38 Å². The molecule has 3 rings (SSSR count). The number of halogens is 1. The van der Waals surface area contributed by atoms with E-state index in [4.69, 9.17) is 0 Å². The fraction of sp³-hybridized carbons (Fsp3) is 0.0667. The lowest BCUT2D eigenvalue weighted by Crippen LogP contribution is -2.30. The predicted octanol–water partition coefficient (Wildman–Crippen LogP) is 3.25. The summed E-state index contributed by atoms with van der Waals surface area (Å²) in [6.45, 7) is 0. The summed E-state index contributed by atoms with van der Waals surface area (Å²) in [6.07, 6.45) is 2.47. The van der Waals surface area contributed by atoms with Crippen LogP contribution in [0.15, 0.2) is 53.5 Å². The zero-order valence-corrected chi connectivity index (χ0v) is 10.0. The van der Waals surface area contributed by atoms with E-state index in [1.807, 2.05) is 24.3 Å². The van der Waals surface area contributed by atoms with E-state index in [1.165, 1.54) is 12.1 Å². The van der Waals surface area contributed by atoms with Crippen LogP contribution in [-0.4, -0.2) is 12.6 Å². The second-order valence-corrected chi connectivity index (χ2v) is 4.27. The van der Waals surface area contributed by atoms with Gasteiger partial charge in [0.05, 0.1) is 12.0 Å². The summed E-state index contributed by atoms with van der Waals surface area (Å²) >= 11 is 0. The molecule has 0 bridgehead atoms. The van der Waals surface area contributed by atoms with Gasteiger partial charge >= 0.3 is 0 Å². The summed E-state index contributed by atoms with van der Waals surface area (Å²) in [5.74, 6) is -0.305. The lowest BCUT2D eigenvalue weighted by atomic mass is 10.0. The average molecular weight is 254 g/mol. The van der Waals surface area contributed by atoms with Crippen LogP contribution in [-0.2, 0) is 4.79 Å². The van der Waals surface area contributed by atoms with Crippen molar-refractivity contribution in [2.24, 2.45) is 4.99 Å². The topological polar surface area (TPSA) is 32.7 Å². The minimum atomic E-state index is -0.431. The Hall–Kier alpha value is -2.49. The van der Waals surface area contributed by atoms with Crippen molar-refractivity contribution in [3.63, 3.8) is 0 Å². The van der Waals surface area contributed by atoms with E-state index in [0.29, 0.717) is 0 Å². The third-order valence-electron chi connectivity index (χ3n) is 3.13. The molecular weight excluding hydrogens is 243 g/mol. The average Bonchev–Trinajstić information content (AvgIpc) is 2.47. The smallest absolute Gasteiger partial charge is 0.147 e. The van der Waals surface area contributed by atoms with Crippen LogP contribution in [0.3, 0.4) is 0 Å². The van der Waals surface area contributed by atoms with E-state index in [2.05, 4.69) is 4.99 Å². The Balaban J connectivity index is 2.05. The van der Waals surface area contributed by atoms with Gasteiger partial charge in [-0.2, -0.15) is 0 Å². The first-order valence-corrected chi connectivity index (χ1v) is 5.92. The van der Waals surface area contributed by atoms with E-state index >= 15 is 0 Å². The minimum Gasteiger partial charge on any atom is -0.318 e. The van der Waals surface area contributed by atoms with Crippen molar-refractivity contribution in [2.45, 2.75) is 6.04 Å². The number of nitrogens with zero attached hydrogens (tertiary/aromatic N) is 2. The summed E-state index contributed by atoms with van der Waals surface area (Å²) in [5.41, 5.74) is 2.37. The number of benzene rings is 2. The van der Waals surface area contributed by atoms with Gasteiger partial charge in [0.15, 0.2) is 0 Å². The second kappa shape index (κ2) is 4.65. The normalized spacial score (nSPS) is 17.1. The number of hydrogen-bond acceptors (Lipinski definition) is 3. The predicted molar refractivity (Wildman–Crippen MR) is 72.3 cm³/mol. The third kappa shape index (κ3) is 2.01. The van der Waals surface area contributed by atoms with E-state index in [1.54, 1.807) is 23.4 Å². The van der Waals surface area contributed by atoms with Crippen molar-refractivity contribution in [1.82, 2.24) is 0 Å². The molecule has 0 saturated heterocycles. The Labute approximate surface area is 110 Å². The van der Waals surface area contributed by atoms with Gasteiger partial charge in [-0.05, 0) is 30.3 Å².